The summed E-state index contributed by atoms with van der Waals surface area (Å²) in [4.78, 5) is 36.4. The topological polar surface area (TPSA) is 86.1 Å². The highest BCUT2D eigenvalue weighted by Gasteiger charge is 2.22. The van der Waals surface area contributed by atoms with Crippen molar-refractivity contribution in [3.63, 3.8) is 0 Å². The van der Waals surface area contributed by atoms with Crippen LogP contribution in [-0.4, -0.2) is 20.4 Å². The molecule has 0 bridgehead atoms. The fourth-order valence-electron chi connectivity index (χ4n) is 4.12. The predicted octanol–water partition coefficient (Wildman–Crippen LogP) is 4.72. The molecule has 3 aromatic heterocycles. The minimum Gasteiger partial charge on any atom is -0.487 e. The van der Waals surface area contributed by atoms with Crippen molar-refractivity contribution < 1.29 is 9.53 Å². The van der Waals surface area contributed by atoms with E-state index in [4.69, 9.17) is 9.72 Å². The summed E-state index contributed by atoms with van der Waals surface area (Å²) in [6, 6.07) is 12.9. The zero-order valence-electron chi connectivity index (χ0n) is 18.3. The third kappa shape index (κ3) is 4.39. The highest BCUT2D eigenvalue weighted by Crippen LogP contribution is 2.29. The Morgan fingerprint density at radius 1 is 1.18 bits per heavy atom. The van der Waals surface area contributed by atoms with Gasteiger partial charge >= 0.3 is 0 Å². The molecule has 7 nitrogen and oxygen atoms in total. The second kappa shape index (κ2) is 9.15. The minimum atomic E-state index is -0.253. The SMILES string of the molecule is Cc1c(C(=O)Nc2cccc(OCc3ccccn3)c2)sc2nc3n(c(=O)c12)CCCCC3. The van der Waals surface area contributed by atoms with E-state index >= 15 is 0 Å². The maximum atomic E-state index is 13.2. The van der Waals surface area contributed by atoms with E-state index in [0.29, 0.717) is 45.2 Å². The smallest absolute Gasteiger partial charge is 0.266 e. The van der Waals surface area contributed by atoms with Crippen LogP contribution >= 0.6 is 11.3 Å². The maximum absolute atomic E-state index is 13.2. The standard InChI is InChI=1S/C25H24N4O3S/c1-16-21-24(28-20-11-3-2-6-13-29(20)25(21)31)33-22(16)23(30)27-17-9-7-10-19(14-17)32-15-18-8-4-5-12-26-18/h4-5,7-10,12,14H,2-3,6,11,13,15H2,1H3,(H,27,30). The molecule has 0 saturated heterocycles. The number of rotatable bonds is 5. The highest BCUT2D eigenvalue weighted by molar-refractivity contribution is 7.20. The van der Waals surface area contributed by atoms with Crippen LogP contribution in [0.3, 0.4) is 0 Å². The van der Waals surface area contributed by atoms with Gasteiger partial charge in [0.05, 0.1) is 16.0 Å². The van der Waals surface area contributed by atoms with Crippen LogP contribution in [0, 0.1) is 6.92 Å². The first-order chi connectivity index (χ1) is 16.1. The summed E-state index contributed by atoms with van der Waals surface area (Å²) in [5.74, 6) is 1.21. The summed E-state index contributed by atoms with van der Waals surface area (Å²) < 4.78 is 7.60. The largest absolute Gasteiger partial charge is 0.487 e. The van der Waals surface area contributed by atoms with Crippen LogP contribution in [0.2, 0.25) is 0 Å². The molecule has 4 heterocycles. The normalized spacial score (nSPS) is 13.4. The fourth-order valence-corrected chi connectivity index (χ4v) is 5.20. The number of carbonyl (C=O) groups is 1. The molecule has 168 valence electrons. The lowest BCUT2D eigenvalue weighted by Crippen LogP contribution is -2.24. The summed E-state index contributed by atoms with van der Waals surface area (Å²) in [7, 11) is 0. The predicted molar refractivity (Wildman–Crippen MR) is 129 cm³/mol. The van der Waals surface area contributed by atoms with Gasteiger partial charge in [-0.3, -0.25) is 19.1 Å². The average Bonchev–Trinajstić information content (AvgIpc) is 2.99. The zero-order valence-corrected chi connectivity index (χ0v) is 19.2. The van der Waals surface area contributed by atoms with Crippen molar-refractivity contribution >= 4 is 33.1 Å². The molecule has 5 rings (SSSR count). The van der Waals surface area contributed by atoms with E-state index in [1.54, 1.807) is 16.8 Å². The molecule has 0 fully saturated rings. The van der Waals surface area contributed by atoms with Gasteiger partial charge in [0.1, 0.15) is 23.0 Å². The average molecular weight is 461 g/mol. The molecular weight excluding hydrogens is 436 g/mol. The Morgan fingerprint density at radius 3 is 2.94 bits per heavy atom. The Balaban J connectivity index is 1.38. The van der Waals surface area contributed by atoms with Crippen molar-refractivity contribution in [3.8, 4) is 5.75 Å². The molecule has 0 aliphatic carbocycles. The van der Waals surface area contributed by atoms with E-state index in [1.165, 1.54) is 11.3 Å². The number of pyridine rings is 1. The van der Waals surface area contributed by atoms with Gasteiger partial charge in [-0.15, -0.1) is 11.3 Å². The first-order valence-corrected chi connectivity index (χ1v) is 11.9. The van der Waals surface area contributed by atoms with Gasteiger partial charge in [-0.1, -0.05) is 18.6 Å². The number of anilines is 1. The number of thiophene rings is 1. The monoisotopic (exact) mass is 460 g/mol. The van der Waals surface area contributed by atoms with Gasteiger partial charge < -0.3 is 10.1 Å². The third-order valence-electron chi connectivity index (χ3n) is 5.82. The van der Waals surface area contributed by atoms with Crippen molar-refractivity contribution in [2.45, 2.75) is 45.8 Å². The summed E-state index contributed by atoms with van der Waals surface area (Å²) in [5.41, 5.74) is 2.10. The van der Waals surface area contributed by atoms with E-state index in [9.17, 15) is 9.59 Å². The number of fused-ring (bicyclic) bond motifs is 2. The fraction of sp³-hybridized carbons (Fsp3) is 0.280. The third-order valence-corrected chi connectivity index (χ3v) is 7.01. The first-order valence-electron chi connectivity index (χ1n) is 11.1. The van der Waals surface area contributed by atoms with E-state index < -0.39 is 0 Å². The second-order valence-electron chi connectivity index (χ2n) is 8.12. The molecule has 4 aromatic rings. The van der Waals surface area contributed by atoms with Crippen LogP contribution in [0.4, 0.5) is 5.69 Å². The summed E-state index contributed by atoms with van der Waals surface area (Å²) in [6.07, 6.45) is 5.65. The van der Waals surface area contributed by atoms with Crippen LogP contribution in [0.15, 0.2) is 53.5 Å². The van der Waals surface area contributed by atoms with Crippen LogP contribution in [-0.2, 0) is 19.6 Å². The van der Waals surface area contributed by atoms with Crippen LogP contribution in [0.25, 0.3) is 10.2 Å². The highest BCUT2D eigenvalue weighted by atomic mass is 32.1. The van der Waals surface area contributed by atoms with Crippen molar-refractivity contribution in [2.75, 3.05) is 5.32 Å². The molecule has 1 N–H and O–H groups in total. The molecule has 0 atom stereocenters. The van der Waals surface area contributed by atoms with E-state index in [0.717, 1.165) is 37.2 Å². The molecule has 0 unspecified atom stereocenters. The number of hydrogen-bond donors (Lipinski definition) is 1. The number of carbonyl (C=O) groups excluding carboxylic acids is 1. The number of aryl methyl sites for hydroxylation is 2. The van der Waals surface area contributed by atoms with Gasteiger partial charge in [-0.05, 0) is 49.6 Å². The minimum absolute atomic E-state index is 0.0328. The lowest BCUT2D eigenvalue weighted by Gasteiger charge is -2.09. The summed E-state index contributed by atoms with van der Waals surface area (Å²) in [5, 5.41) is 3.50. The Bertz CT molecular complexity index is 1380. The van der Waals surface area contributed by atoms with Crippen molar-refractivity contribution in [1.29, 1.82) is 0 Å². The van der Waals surface area contributed by atoms with E-state index in [1.807, 2.05) is 43.3 Å². The van der Waals surface area contributed by atoms with Gasteiger partial charge in [-0.2, -0.15) is 0 Å². The van der Waals surface area contributed by atoms with Crippen molar-refractivity contribution in [2.24, 2.45) is 0 Å². The molecule has 0 saturated carbocycles. The summed E-state index contributed by atoms with van der Waals surface area (Å²) >= 11 is 1.28. The lowest BCUT2D eigenvalue weighted by atomic mass is 10.2. The number of aromatic nitrogens is 3. The Morgan fingerprint density at radius 2 is 2.09 bits per heavy atom. The molecule has 8 heteroatoms. The van der Waals surface area contributed by atoms with Gasteiger partial charge in [0, 0.05) is 30.9 Å². The maximum Gasteiger partial charge on any atom is 0.266 e. The van der Waals surface area contributed by atoms with E-state index in [2.05, 4.69) is 10.3 Å². The Hall–Kier alpha value is -3.52. The Labute approximate surface area is 195 Å². The molecule has 1 aliphatic heterocycles. The lowest BCUT2D eigenvalue weighted by molar-refractivity contribution is 0.103. The Kier molecular flexibility index (Phi) is 5.92. The van der Waals surface area contributed by atoms with Crippen molar-refractivity contribution in [1.82, 2.24) is 14.5 Å². The van der Waals surface area contributed by atoms with Gasteiger partial charge in [0.2, 0.25) is 0 Å². The molecule has 33 heavy (non-hydrogen) atoms. The number of ether oxygens (including phenoxy) is 1. The number of nitrogens with zero attached hydrogens (tertiary/aromatic N) is 3. The number of hydrogen-bond acceptors (Lipinski definition) is 6. The van der Waals surface area contributed by atoms with Crippen LogP contribution in [0.1, 0.15) is 46.0 Å². The van der Waals surface area contributed by atoms with Gasteiger partial charge in [-0.25, -0.2) is 4.98 Å². The molecule has 0 radical (unpaired) electrons. The number of amides is 1. The number of benzene rings is 1. The van der Waals surface area contributed by atoms with Crippen molar-refractivity contribution in [3.05, 3.63) is 81.0 Å². The zero-order chi connectivity index (χ0) is 22.8. The van der Waals surface area contributed by atoms with Gasteiger partial charge in [0.25, 0.3) is 11.5 Å². The summed E-state index contributed by atoms with van der Waals surface area (Å²) in [6.45, 7) is 2.86. The molecule has 0 spiro atoms. The molecule has 1 aliphatic rings. The van der Waals surface area contributed by atoms with Crippen LogP contribution in [0.5, 0.6) is 5.75 Å². The molecule has 1 amide bonds. The quantitative estimate of drug-likeness (QED) is 0.466. The van der Waals surface area contributed by atoms with Gasteiger partial charge in [0.15, 0.2) is 0 Å². The number of nitrogens with one attached hydrogen (secondary N) is 1. The first kappa shape index (κ1) is 21.3. The van der Waals surface area contributed by atoms with E-state index in [-0.39, 0.29) is 11.5 Å². The second-order valence-corrected chi connectivity index (χ2v) is 9.12. The molecular formula is C25H24N4O3S. The van der Waals surface area contributed by atoms with Crippen LogP contribution < -0.4 is 15.6 Å². The molecule has 1 aromatic carbocycles.